The van der Waals surface area contributed by atoms with Crippen LogP contribution in [-0.4, -0.2) is 36.3 Å². The van der Waals surface area contributed by atoms with Crippen LogP contribution in [-0.2, 0) is 6.54 Å². The van der Waals surface area contributed by atoms with Gasteiger partial charge in [0.25, 0.3) is 0 Å². The highest BCUT2D eigenvalue weighted by molar-refractivity contribution is 5.47. The van der Waals surface area contributed by atoms with E-state index in [0.29, 0.717) is 18.4 Å². The number of hydrogen-bond donors (Lipinski definition) is 2. The maximum Gasteiger partial charge on any atom is 0.133 e. The van der Waals surface area contributed by atoms with Gasteiger partial charge in [0.2, 0.25) is 0 Å². The van der Waals surface area contributed by atoms with E-state index in [9.17, 15) is 5.11 Å². The molecule has 1 aliphatic rings. The largest absolute Gasteiger partial charge is 0.396 e. The number of nitrogens with zero attached hydrogens (tertiary/aromatic N) is 2. The minimum atomic E-state index is 0.318. The highest BCUT2D eigenvalue weighted by Gasteiger charge is 2.21. The fourth-order valence-corrected chi connectivity index (χ4v) is 2.68. The summed E-state index contributed by atoms with van der Waals surface area (Å²) < 4.78 is 0. The van der Waals surface area contributed by atoms with Gasteiger partial charge in [0, 0.05) is 38.0 Å². The molecule has 1 aromatic heterocycles. The second-order valence-electron chi connectivity index (χ2n) is 6.12. The van der Waals surface area contributed by atoms with E-state index in [1.54, 1.807) is 0 Å². The zero-order valence-electron chi connectivity index (χ0n) is 12.7. The zero-order valence-corrected chi connectivity index (χ0v) is 12.7. The molecule has 0 unspecified atom stereocenters. The first kappa shape index (κ1) is 15.3. The van der Waals surface area contributed by atoms with Crippen molar-refractivity contribution in [2.45, 2.75) is 33.2 Å². The Morgan fingerprint density at radius 3 is 2.80 bits per heavy atom. The van der Waals surface area contributed by atoms with Crippen LogP contribution in [0.4, 0.5) is 5.82 Å². The lowest BCUT2D eigenvalue weighted by Gasteiger charge is -2.33. The minimum Gasteiger partial charge on any atom is -0.396 e. The summed E-state index contributed by atoms with van der Waals surface area (Å²) in [6.07, 6.45) is 4.00. The fraction of sp³-hybridized carbons (Fsp3) is 0.688. The van der Waals surface area contributed by atoms with Crippen LogP contribution in [0.3, 0.4) is 0 Å². The third kappa shape index (κ3) is 4.18. The average molecular weight is 277 g/mol. The summed E-state index contributed by atoms with van der Waals surface area (Å²) in [5.74, 6) is 2.24. The molecule has 0 aliphatic carbocycles. The normalized spacial score (nSPS) is 16.9. The molecule has 0 bridgehead atoms. The first-order valence-electron chi connectivity index (χ1n) is 7.71. The van der Waals surface area contributed by atoms with Crippen LogP contribution in [0.2, 0.25) is 0 Å². The maximum absolute atomic E-state index is 9.23. The number of aromatic nitrogens is 1. The summed E-state index contributed by atoms with van der Waals surface area (Å²) in [4.78, 5) is 6.93. The number of rotatable bonds is 6. The first-order valence-corrected chi connectivity index (χ1v) is 7.71. The summed E-state index contributed by atoms with van der Waals surface area (Å²) in [6.45, 7) is 8.66. The summed E-state index contributed by atoms with van der Waals surface area (Å²) in [6, 6.07) is 4.17. The third-order valence-electron chi connectivity index (χ3n) is 3.91. The van der Waals surface area contributed by atoms with Crippen LogP contribution >= 0.6 is 0 Å². The van der Waals surface area contributed by atoms with Crippen LogP contribution in [0.15, 0.2) is 18.3 Å². The number of aliphatic hydroxyl groups is 1. The Morgan fingerprint density at radius 1 is 1.40 bits per heavy atom. The van der Waals surface area contributed by atoms with Crippen LogP contribution in [0.1, 0.15) is 32.3 Å². The van der Waals surface area contributed by atoms with Crippen LogP contribution in [0.25, 0.3) is 0 Å². The van der Waals surface area contributed by atoms with Crippen LogP contribution in [0.5, 0.6) is 0 Å². The van der Waals surface area contributed by atoms with Gasteiger partial charge in [-0.2, -0.15) is 0 Å². The summed E-state index contributed by atoms with van der Waals surface area (Å²) in [5, 5.41) is 12.7. The highest BCUT2D eigenvalue weighted by atomic mass is 16.3. The Kier molecular flexibility index (Phi) is 5.80. The van der Waals surface area contributed by atoms with Crippen molar-refractivity contribution >= 4 is 5.82 Å². The molecule has 2 N–H and O–H groups in total. The molecular weight excluding hydrogens is 250 g/mol. The second kappa shape index (κ2) is 7.60. The van der Waals surface area contributed by atoms with E-state index in [4.69, 9.17) is 0 Å². The lowest BCUT2D eigenvalue weighted by Crippen LogP contribution is -2.36. The molecule has 1 saturated heterocycles. The predicted octanol–water partition coefficient (Wildman–Crippen LogP) is 2.04. The minimum absolute atomic E-state index is 0.318. The monoisotopic (exact) mass is 277 g/mol. The molecule has 1 aromatic rings. The van der Waals surface area contributed by atoms with E-state index in [1.807, 2.05) is 12.3 Å². The van der Waals surface area contributed by atoms with Gasteiger partial charge in [0.15, 0.2) is 0 Å². The van der Waals surface area contributed by atoms with Gasteiger partial charge in [-0.25, -0.2) is 4.98 Å². The molecule has 4 nitrogen and oxygen atoms in total. The highest BCUT2D eigenvalue weighted by Crippen LogP contribution is 2.24. The summed E-state index contributed by atoms with van der Waals surface area (Å²) in [7, 11) is 0. The maximum atomic E-state index is 9.23. The Hall–Kier alpha value is -1.13. The molecule has 0 atom stereocenters. The zero-order chi connectivity index (χ0) is 14.4. The quantitative estimate of drug-likeness (QED) is 0.835. The second-order valence-corrected chi connectivity index (χ2v) is 6.12. The van der Waals surface area contributed by atoms with Gasteiger partial charge in [-0.15, -0.1) is 0 Å². The smallest absolute Gasteiger partial charge is 0.133 e. The van der Waals surface area contributed by atoms with Crippen molar-refractivity contribution < 1.29 is 5.11 Å². The van der Waals surface area contributed by atoms with E-state index < -0.39 is 0 Å². The molecule has 1 aliphatic heterocycles. The molecule has 0 aromatic carbocycles. The van der Waals surface area contributed by atoms with Crippen molar-refractivity contribution in [2.75, 3.05) is 31.1 Å². The fourth-order valence-electron chi connectivity index (χ4n) is 2.68. The number of anilines is 1. The molecule has 0 radical (unpaired) electrons. The molecular formula is C16H27N3O. The van der Waals surface area contributed by atoms with Gasteiger partial charge in [-0.1, -0.05) is 19.9 Å². The molecule has 0 spiro atoms. The standard InChI is InChI=1S/C16H27N3O/c1-13(2)10-17-11-15-4-3-7-18-16(15)19-8-5-14(12-20)6-9-19/h3-4,7,13-14,17,20H,5-6,8-12H2,1-2H3. The lowest BCUT2D eigenvalue weighted by atomic mass is 9.97. The van der Waals surface area contributed by atoms with Crippen LogP contribution < -0.4 is 10.2 Å². The van der Waals surface area contributed by atoms with Crippen molar-refractivity contribution in [1.82, 2.24) is 10.3 Å². The van der Waals surface area contributed by atoms with E-state index in [2.05, 4.69) is 35.1 Å². The topological polar surface area (TPSA) is 48.4 Å². The molecule has 2 heterocycles. The molecule has 0 amide bonds. The Bertz CT molecular complexity index is 400. The number of nitrogens with one attached hydrogen (secondary N) is 1. The van der Waals surface area contributed by atoms with Crippen LogP contribution in [0, 0.1) is 11.8 Å². The lowest BCUT2D eigenvalue weighted by molar-refractivity contribution is 0.202. The molecule has 1 fully saturated rings. The van der Waals surface area contributed by atoms with Gasteiger partial charge < -0.3 is 15.3 Å². The van der Waals surface area contributed by atoms with E-state index >= 15 is 0 Å². The van der Waals surface area contributed by atoms with Gasteiger partial charge in [-0.3, -0.25) is 0 Å². The van der Waals surface area contributed by atoms with Gasteiger partial charge >= 0.3 is 0 Å². The predicted molar refractivity (Wildman–Crippen MR) is 82.8 cm³/mol. The summed E-state index contributed by atoms with van der Waals surface area (Å²) >= 11 is 0. The molecule has 0 saturated carbocycles. The third-order valence-corrected chi connectivity index (χ3v) is 3.91. The van der Waals surface area contributed by atoms with Gasteiger partial charge in [0.1, 0.15) is 5.82 Å². The molecule has 112 valence electrons. The number of pyridine rings is 1. The first-order chi connectivity index (χ1) is 9.70. The number of piperidine rings is 1. The van der Waals surface area contributed by atoms with Crippen molar-refractivity contribution in [3.8, 4) is 0 Å². The van der Waals surface area contributed by atoms with Crippen molar-refractivity contribution in [1.29, 1.82) is 0 Å². The van der Waals surface area contributed by atoms with Crippen molar-refractivity contribution in [3.05, 3.63) is 23.9 Å². The van der Waals surface area contributed by atoms with E-state index in [1.165, 1.54) is 5.56 Å². The molecule has 20 heavy (non-hydrogen) atoms. The number of aliphatic hydroxyl groups excluding tert-OH is 1. The van der Waals surface area contributed by atoms with Crippen molar-refractivity contribution in [3.63, 3.8) is 0 Å². The summed E-state index contributed by atoms with van der Waals surface area (Å²) in [5.41, 5.74) is 1.27. The Morgan fingerprint density at radius 2 is 2.15 bits per heavy atom. The van der Waals surface area contributed by atoms with E-state index in [-0.39, 0.29) is 0 Å². The average Bonchev–Trinajstić information content (AvgIpc) is 2.47. The van der Waals surface area contributed by atoms with E-state index in [0.717, 1.165) is 44.8 Å². The SMILES string of the molecule is CC(C)CNCc1cccnc1N1CCC(CO)CC1. The Labute approximate surface area is 122 Å². The molecule has 4 heteroatoms. The van der Waals surface area contributed by atoms with Gasteiger partial charge in [-0.05, 0) is 37.3 Å². The van der Waals surface area contributed by atoms with Crippen molar-refractivity contribution in [2.24, 2.45) is 11.8 Å². The molecule has 2 rings (SSSR count). The number of hydrogen-bond acceptors (Lipinski definition) is 4. The van der Waals surface area contributed by atoms with Gasteiger partial charge in [0.05, 0.1) is 0 Å². The Balaban J connectivity index is 1.97.